The van der Waals surface area contributed by atoms with E-state index in [0.717, 1.165) is 29.4 Å². The smallest absolute Gasteiger partial charge is 0.260 e. The third-order valence-corrected chi connectivity index (χ3v) is 4.94. The van der Waals surface area contributed by atoms with Crippen LogP contribution in [0.4, 0.5) is 5.69 Å². The SMILES string of the molecule is C/C=C/c1ccc(OCC(=O)N2CCN(c3cccc(Cl)c3)CC2)c(OC)c1. The summed E-state index contributed by atoms with van der Waals surface area (Å²) < 4.78 is 11.1. The second kappa shape index (κ2) is 9.51. The molecule has 0 aromatic heterocycles. The number of halogens is 1. The molecule has 0 radical (unpaired) electrons. The maximum atomic E-state index is 12.5. The number of allylic oxidation sites excluding steroid dienone is 1. The summed E-state index contributed by atoms with van der Waals surface area (Å²) in [7, 11) is 1.60. The topological polar surface area (TPSA) is 42.0 Å². The Kier molecular flexibility index (Phi) is 6.82. The molecule has 1 fully saturated rings. The summed E-state index contributed by atoms with van der Waals surface area (Å²) >= 11 is 6.07. The van der Waals surface area contributed by atoms with Crippen LogP contribution >= 0.6 is 11.6 Å². The van der Waals surface area contributed by atoms with Gasteiger partial charge < -0.3 is 19.3 Å². The molecular formula is C22H25ClN2O3. The highest BCUT2D eigenvalue weighted by molar-refractivity contribution is 6.30. The second-order valence-electron chi connectivity index (χ2n) is 6.55. The van der Waals surface area contributed by atoms with Gasteiger partial charge in [0.2, 0.25) is 0 Å². The summed E-state index contributed by atoms with van der Waals surface area (Å²) in [6.07, 6.45) is 3.94. The van der Waals surface area contributed by atoms with Crippen LogP contribution in [0.5, 0.6) is 11.5 Å². The molecule has 28 heavy (non-hydrogen) atoms. The molecule has 0 N–H and O–H groups in total. The number of methoxy groups -OCH3 is 1. The zero-order valence-corrected chi connectivity index (χ0v) is 17.0. The maximum absolute atomic E-state index is 12.5. The molecule has 0 aliphatic carbocycles. The minimum atomic E-state index is -0.0228. The number of rotatable bonds is 6. The Morgan fingerprint density at radius 2 is 1.89 bits per heavy atom. The predicted molar refractivity (Wildman–Crippen MR) is 113 cm³/mol. The highest BCUT2D eigenvalue weighted by atomic mass is 35.5. The van der Waals surface area contributed by atoms with Gasteiger partial charge >= 0.3 is 0 Å². The van der Waals surface area contributed by atoms with Gasteiger partial charge in [-0.05, 0) is 42.8 Å². The molecule has 1 amide bonds. The number of amides is 1. The Morgan fingerprint density at radius 3 is 2.57 bits per heavy atom. The van der Waals surface area contributed by atoms with Crippen LogP contribution in [0.3, 0.4) is 0 Å². The van der Waals surface area contributed by atoms with Crippen molar-refractivity contribution in [3.63, 3.8) is 0 Å². The first-order valence-electron chi connectivity index (χ1n) is 9.32. The fourth-order valence-electron chi connectivity index (χ4n) is 3.22. The van der Waals surface area contributed by atoms with E-state index in [9.17, 15) is 4.79 Å². The van der Waals surface area contributed by atoms with Gasteiger partial charge in [0, 0.05) is 36.9 Å². The van der Waals surface area contributed by atoms with Gasteiger partial charge in [-0.1, -0.05) is 35.9 Å². The van der Waals surface area contributed by atoms with E-state index in [1.165, 1.54) is 0 Å². The van der Waals surface area contributed by atoms with Crippen LogP contribution in [0.2, 0.25) is 5.02 Å². The molecule has 0 unspecified atom stereocenters. The lowest BCUT2D eigenvalue weighted by Gasteiger charge is -2.36. The van der Waals surface area contributed by atoms with E-state index in [1.54, 1.807) is 7.11 Å². The first-order chi connectivity index (χ1) is 13.6. The molecule has 2 aromatic rings. The standard InChI is InChI=1S/C22H25ClN2O3/c1-3-5-17-8-9-20(21(14-17)27-2)28-16-22(26)25-12-10-24(11-13-25)19-7-4-6-18(23)15-19/h3-9,14-15H,10-13,16H2,1-2H3/b5-3+. The van der Waals surface area contributed by atoms with Gasteiger partial charge in [0.15, 0.2) is 18.1 Å². The molecule has 5 nitrogen and oxygen atoms in total. The number of carbonyl (C=O) groups excluding carboxylic acids is 1. The number of nitrogens with zero attached hydrogens (tertiary/aromatic N) is 2. The molecule has 1 saturated heterocycles. The van der Waals surface area contributed by atoms with Gasteiger partial charge in [-0.25, -0.2) is 0 Å². The van der Waals surface area contributed by atoms with Crippen molar-refractivity contribution in [1.29, 1.82) is 0 Å². The summed E-state index contributed by atoms with van der Waals surface area (Å²) in [5, 5.41) is 0.721. The Morgan fingerprint density at radius 1 is 1.11 bits per heavy atom. The normalized spacial score (nSPS) is 14.4. The first-order valence-corrected chi connectivity index (χ1v) is 9.70. The Labute approximate surface area is 171 Å². The Hall–Kier alpha value is -2.66. The van der Waals surface area contributed by atoms with Crippen molar-refractivity contribution >= 4 is 29.3 Å². The first kappa shape index (κ1) is 20.1. The number of benzene rings is 2. The van der Waals surface area contributed by atoms with Crippen molar-refractivity contribution in [2.75, 3.05) is 44.8 Å². The predicted octanol–water partition coefficient (Wildman–Crippen LogP) is 4.11. The lowest BCUT2D eigenvalue weighted by molar-refractivity contribution is -0.133. The lowest BCUT2D eigenvalue weighted by Crippen LogP contribution is -2.50. The molecule has 3 rings (SSSR count). The number of carbonyl (C=O) groups is 1. The summed E-state index contributed by atoms with van der Waals surface area (Å²) in [6.45, 7) is 4.82. The van der Waals surface area contributed by atoms with E-state index in [0.29, 0.717) is 24.6 Å². The van der Waals surface area contributed by atoms with Crippen molar-refractivity contribution < 1.29 is 14.3 Å². The summed E-state index contributed by atoms with van der Waals surface area (Å²) in [6, 6.07) is 13.5. The van der Waals surface area contributed by atoms with Gasteiger partial charge in [0.05, 0.1) is 7.11 Å². The summed E-state index contributed by atoms with van der Waals surface area (Å²) in [4.78, 5) is 16.6. The summed E-state index contributed by atoms with van der Waals surface area (Å²) in [5.41, 5.74) is 2.11. The molecule has 0 spiro atoms. The van der Waals surface area contributed by atoms with E-state index in [2.05, 4.69) is 4.90 Å². The highest BCUT2D eigenvalue weighted by Gasteiger charge is 2.22. The van der Waals surface area contributed by atoms with Crippen LogP contribution < -0.4 is 14.4 Å². The van der Waals surface area contributed by atoms with Crippen LogP contribution in [0.25, 0.3) is 6.08 Å². The fraction of sp³-hybridized carbons (Fsp3) is 0.318. The Balaban J connectivity index is 1.54. The second-order valence-corrected chi connectivity index (χ2v) is 6.98. The highest BCUT2D eigenvalue weighted by Crippen LogP contribution is 2.28. The van der Waals surface area contributed by atoms with Gasteiger partial charge in [0.1, 0.15) is 0 Å². The van der Waals surface area contributed by atoms with Gasteiger partial charge in [0.25, 0.3) is 5.91 Å². The number of hydrogen-bond donors (Lipinski definition) is 0. The van der Waals surface area contributed by atoms with E-state index < -0.39 is 0 Å². The molecule has 6 heteroatoms. The quantitative estimate of drug-likeness (QED) is 0.731. The molecule has 1 aliphatic heterocycles. The maximum Gasteiger partial charge on any atom is 0.260 e. The van der Waals surface area contributed by atoms with Gasteiger partial charge in [-0.2, -0.15) is 0 Å². The molecule has 0 bridgehead atoms. The van der Waals surface area contributed by atoms with Crippen molar-refractivity contribution in [2.45, 2.75) is 6.92 Å². The van der Waals surface area contributed by atoms with Gasteiger partial charge in [-0.15, -0.1) is 0 Å². The number of piperazine rings is 1. The lowest BCUT2D eigenvalue weighted by atomic mass is 10.2. The molecule has 1 aliphatic rings. The molecule has 148 valence electrons. The fourth-order valence-corrected chi connectivity index (χ4v) is 3.40. The molecule has 2 aromatic carbocycles. The van der Waals surface area contributed by atoms with Crippen molar-refractivity contribution in [2.24, 2.45) is 0 Å². The Bertz CT molecular complexity index is 845. The molecule has 0 atom stereocenters. The largest absolute Gasteiger partial charge is 0.493 e. The van der Waals surface area contributed by atoms with Crippen molar-refractivity contribution in [3.05, 3.63) is 59.1 Å². The van der Waals surface area contributed by atoms with Crippen LogP contribution in [0.1, 0.15) is 12.5 Å². The van der Waals surface area contributed by atoms with E-state index in [1.807, 2.05) is 66.4 Å². The number of anilines is 1. The van der Waals surface area contributed by atoms with Crippen LogP contribution in [0, 0.1) is 0 Å². The minimum Gasteiger partial charge on any atom is -0.493 e. The molecule has 0 saturated carbocycles. The number of hydrogen-bond acceptors (Lipinski definition) is 4. The average Bonchev–Trinajstić information content (AvgIpc) is 2.73. The van der Waals surface area contributed by atoms with Crippen molar-refractivity contribution in [1.82, 2.24) is 4.90 Å². The minimum absolute atomic E-state index is 0.00348. The molecule has 1 heterocycles. The number of ether oxygens (including phenoxy) is 2. The average molecular weight is 401 g/mol. The van der Waals surface area contributed by atoms with Gasteiger partial charge in [-0.3, -0.25) is 4.79 Å². The van der Waals surface area contributed by atoms with E-state index >= 15 is 0 Å². The third-order valence-electron chi connectivity index (χ3n) is 4.70. The zero-order valence-electron chi connectivity index (χ0n) is 16.2. The van der Waals surface area contributed by atoms with E-state index in [-0.39, 0.29) is 12.5 Å². The monoisotopic (exact) mass is 400 g/mol. The van der Waals surface area contributed by atoms with Crippen LogP contribution in [-0.2, 0) is 4.79 Å². The van der Waals surface area contributed by atoms with Crippen LogP contribution in [0.15, 0.2) is 48.5 Å². The molecular weight excluding hydrogens is 376 g/mol. The third kappa shape index (κ3) is 4.98. The van der Waals surface area contributed by atoms with E-state index in [4.69, 9.17) is 21.1 Å². The van der Waals surface area contributed by atoms with Crippen LogP contribution in [-0.4, -0.2) is 50.7 Å². The summed E-state index contributed by atoms with van der Waals surface area (Å²) in [5.74, 6) is 1.17. The zero-order chi connectivity index (χ0) is 19.9. The van der Waals surface area contributed by atoms with Crippen molar-refractivity contribution in [3.8, 4) is 11.5 Å².